The third-order valence-electron chi connectivity index (χ3n) is 3.43. The molecule has 0 N–H and O–H groups in total. The van der Waals surface area contributed by atoms with Crippen LogP contribution in [0.4, 0.5) is 0 Å². The van der Waals surface area contributed by atoms with E-state index in [1.807, 2.05) is 11.8 Å². The Balaban J connectivity index is 1.60. The minimum Gasteiger partial charge on any atom is -0.374 e. The number of hydrogen-bond donors (Lipinski definition) is 0. The number of ether oxygens (including phenoxy) is 1. The summed E-state index contributed by atoms with van der Waals surface area (Å²) in [4.78, 5) is 1.32. The average molecular weight is 270 g/mol. The zero-order valence-corrected chi connectivity index (χ0v) is 11.7. The molecule has 19 heavy (non-hydrogen) atoms. The number of thioether (sulfide) groups is 1. The molecule has 0 bridgehead atoms. The highest BCUT2D eigenvalue weighted by Gasteiger charge is 2.17. The Morgan fingerprint density at radius 3 is 2.47 bits per heavy atom. The molecular weight excluding hydrogens is 252 g/mol. The largest absolute Gasteiger partial charge is 0.374 e. The van der Waals surface area contributed by atoms with E-state index in [1.54, 1.807) is 0 Å². The van der Waals surface area contributed by atoms with E-state index in [0.29, 0.717) is 6.10 Å². The third kappa shape index (κ3) is 3.40. The lowest BCUT2D eigenvalue weighted by Gasteiger charge is -2.10. The van der Waals surface area contributed by atoms with E-state index in [-0.39, 0.29) is 0 Å². The van der Waals surface area contributed by atoms with Crippen LogP contribution < -0.4 is 0 Å². The molecule has 0 amide bonds. The summed E-state index contributed by atoms with van der Waals surface area (Å²) >= 11 is 1.88. The first-order chi connectivity index (χ1) is 9.42. The summed E-state index contributed by atoms with van der Waals surface area (Å²) in [6.07, 6.45) is 2.68. The maximum absolute atomic E-state index is 5.70. The Bertz CT molecular complexity index is 501. The van der Waals surface area contributed by atoms with Gasteiger partial charge in [0.2, 0.25) is 0 Å². The standard InChI is InChI=1S/C17H18OS/c1-2-5-14(6-3-1)13-19-16-10-8-15(9-11-16)17-7-4-12-18-17/h1-3,5-6,8-11,17H,4,7,12-13H2. The molecule has 1 saturated heterocycles. The van der Waals surface area contributed by atoms with E-state index in [0.717, 1.165) is 18.8 Å². The van der Waals surface area contributed by atoms with Crippen LogP contribution in [0.1, 0.15) is 30.1 Å². The Labute approximate surface area is 119 Å². The molecule has 1 unspecified atom stereocenters. The van der Waals surface area contributed by atoms with Gasteiger partial charge in [-0.3, -0.25) is 0 Å². The first-order valence-corrected chi connectivity index (χ1v) is 7.79. The van der Waals surface area contributed by atoms with E-state index >= 15 is 0 Å². The molecule has 0 aromatic heterocycles. The predicted octanol–water partition coefficient (Wildman–Crippen LogP) is 4.83. The second-order valence-electron chi connectivity index (χ2n) is 4.84. The molecule has 2 aromatic carbocycles. The van der Waals surface area contributed by atoms with Gasteiger partial charge in [-0.15, -0.1) is 11.8 Å². The summed E-state index contributed by atoms with van der Waals surface area (Å²) in [5.41, 5.74) is 2.69. The first kappa shape index (κ1) is 12.8. The summed E-state index contributed by atoms with van der Waals surface area (Å²) in [5.74, 6) is 1.03. The van der Waals surface area contributed by atoms with E-state index in [1.165, 1.54) is 22.4 Å². The van der Waals surface area contributed by atoms with Gasteiger partial charge >= 0.3 is 0 Å². The second-order valence-corrected chi connectivity index (χ2v) is 5.89. The quantitative estimate of drug-likeness (QED) is 0.736. The van der Waals surface area contributed by atoms with Crippen molar-refractivity contribution in [2.75, 3.05) is 6.61 Å². The molecule has 1 atom stereocenters. The van der Waals surface area contributed by atoms with Crippen molar-refractivity contribution in [3.63, 3.8) is 0 Å². The van der Waals surface area contributed by atoms with Crippen LogP contribution in [0.3, 0.4) is 0 Å². The molecule has 2 aromatic rings. The van der Waals surface area contributed by atoms with Gasteiger partial charge in [0, 0.05) is 17.3 Å². The van der Waals surface area contributed by atoms with Gasteiger partial charge in [-0.25, -0.2) is 0 Å². The van der Waals surface area contributed by atoms with E-state index in [4.69, 9.17) is 4.74 Å². The van der Waals surface area contributed by atoms with Crippen molar-refractivity contribution in [3.05, 3.63) is 65.7 Å². The maximum atomic E-state index is 5.70. The third-order valence-corrected chi connectivity index (χ3v) is 4.51. The van der Waals surface area contributed by atoms with Crippen LogP contribution in [0.15, 0.2) is 59.5 Å². The number of hydrogen-bond acceptors (Lipinski definition) is 2. The molecular formula is C17H18OS. The zero-order valence-electron chi connectivity index (χ0n) is 10.9. The van der Waals surface area contributed by atoms with E-state index < -0.39 is 0 Å². The lowest BCUT2D eigenvalue weighted by Crippen LogP contribution is -1.94. The van der Waals surface area contributed by atoms with Crippen molar-refractivity contribution in [1.29, 1.82) is 0 Å². The van der Waals surface area contributed by atoms with Gasteiger partial charge in [0.25, 0.3) is 0 Å². The predicted molar refractivity (Wildman–Crippen MR) is 80.4 cm³/mol. The van der Waals surface area contributed by atoms with Gasteiger partial charge in [0.1, 0.15) is 0 Å². The number of rotatable bonds is 4. The average Bonchev–Trinajstić information content (AvgIpc) is 3.01. The fourth-order valence-corrected chi connectivity index (χ4v) is 3.21. The van der Waals surface area contributed by atoms with Gasteiger partial charge in [-0.05, 0) is 36.1 Å². The van der Waals surface area contributed by atoms with E-state index in [2.05, 4.69) is 54.6 Å². The Morgan fingerprint density at radius 2 is 1.79 bits per heavy atom. The summed E-state index contributed by atoms with van der Waals surface area (Å²) in [7, 11) is 0. The second kappa shape index (κ2) is 6.27. The summed E-state index contributed by atoms with van der Waals surface area (Å²) in [6.45, 7) is 0.912. The van der Waals surface area contributed by atoms with Crippen LogP contribution in [0.5, 0.6) is 0 Å². The minimum atomic E-state index is 0.327. The molecule has 1 aliphatic rings. The van der Waals surface area contributed by atoms with Gasteiger partial charge in [0.05, 0.1) is 6.10 Å². The molecule has 0 aliphatic carbocycles. The van der Waals surface area contributed by atoms with Crippen LogP contribution in [-0.2, 0) is 10.5 Å². The first-order valence-electron chi connectivity index (χ1n) is 6.80. The molecule has 1 aliphatic heterocycles. The van der Waals surface area contributed by atoms with E-state index in [9.17, 15) is 0 Å². The molecule has 0 saturated carbocycles. The topological polar surface area (TPSA) is 9.23 Å². The van der Waals surface area contributed by atoms with Crippen molar-refractivity contribution in [2.24, 2.45) is 0 Å². The molecule has 98 valence electrons. The van der Waals surface area contributed by atoms with Gasteiger partial charge in [-0.1, -0.05) is 42.5 Å². The van der Waals surface area contributed by atoms with Crippen molar-refractivity contribution >= 4 is 11.8 Å². The Kier molecular flexibility index (Phi) is 4.21. The summed E-state index contributed by atoms with van der Waals surface area (Å²) in [5, 5.41) is 0. The van der Waals surface area contributed by atoms with Crippen LogP contribution in [0, 0.1) is 0 Å². The maximum Gasteiger partial charge on any atom is 0.0825 e. The molecule has 0 spiro atoms. The zero-order chi connectivity index (χ0) is 12.9. The Morgan fingerprint density at radius 1 is 1.00 bits per heavy atom. The monoisotopic (exact) mass is 270 g/mol. The molecule has 0 radical (unpaired) electrons. The van der Waals surface area contributed by atoms with Gasteiger partial charge in [-0.2, -0.15) is 0 Å². The van der Waals surface area contributed by atoms with Crippen LogP contribution in [0.25, 0.3) is 0 Å². The van der Waals surface area contributed by atoms with Crippen LogP contribution in [0.2, 0.25) is 0 Å². The van der Waals surface area contributed by atoms with Crippen molar-refractivity contribution in [2.45, 2.75) is 29.6 Å². The molecule has 1 heterocycles. The molecule has 3 rings (SSSR count). The molecule has 1 nitrogen and oxygen atoms in total. The normalized spacial score (nSPS) is 18.6. The summed E-state index contributed by atoms with van der Waals surface area (Å²) in [6, 6.07) is 19.4. The minimum absolute atomic E-state index is 0.327. The fraction of sp³-hybridized carbons (Fsp3) is 0.294. The molecule has 2 heteroatoms. The fourth-order valence-electron chi connectivity index (χ4n) is 2.36. The van der Waals surface area contributed by atoms with Gasteiger partial charge in [0.15, 0.2) is 0 Å². The summed E-state index contributed by atoms with van der Waals surface area (Å²) < 4.78 is 5.70. The lowest BCUT2D eigenvalue weighted by molar-refractivity contribution is 0.112. The lowest BCUT2D eigenvalue weighted by atomic mass is 10.1. The molecule has 1 fully saturated rings. The highest BCUT2D eigenvalue weighted by atomic mass is 32.2. The Hall–Kier alpha value is -1.25. The van der Waals surface area contributed by atoms with Gasteiger partial charge < -0.3 is 4.74 Å². The smallest absolute Gasteiger partial charge is 0.0825 e. The van der Waals surface area contributed by atoms with Crippen molar-refractivity contribution in [3.8, 4) is 0 Å². The van der Waals surface area contributed by atoms with Crippen molar-refractivity contribution < 1.29 is 4.74 Å². The van der Waals surface area contributed by atoms with Crippen LogP contribution >= 0.6 is 11.8 Å². The highest BCUT2D eigenvalue weighted by molar-refractivity contribution is 7.98. The SMILES string of the molecule is c1ccc(CSc2ccc(C3CCCO3)cc2)cc1. The number of benzene rings is 2. The highest BCUT2D eigenvalue weighted by Crippen LogP contribution is 2.30. The van der Waals surface area contributed by atoms with Crippen LogP contribution in [-0.4, -0.2) is 6.61 Å². The van der Waals surface area contributed by atoms with Crippen molar-refractivity contribution in [1.82, 2.24) is 0 Å².